The molecule has 2 heterocycles. The summed E-state index contributed by atoms with van der Waals surface area (Å²) in [6.45, 7) is 1.10. The molecule has 0 fully saturated rings. The number of thioether (sulfide) groups is 1. The lowest BCUT2D eigenvalue weighted by molar-refractivity contribution is -0.113. The molecular weight excluding hydrogens is 354 g/mol. The number of nitrogens with zero attached hydrogens (tertiary/aromatic N) is 4. The number of aromatic nitrogens is 4. The quantitative estimate of drug-likeness (QED) is 0.689. The summed E-state index contributed by atoms with van der Waals surface area (Å²) in [6.07, 6.45) is 1.50. The van der Waals surface area contributed by atoms with Gasteiger partial charge in [-0.2, -0.15) is 0 Å². The first-order valence-electron chi connectivity index (χ1n) is 7.94. The number of ether oxygens (including phenoxy) is 2. The molecule has 2 aromatic carbocycles. The molecule has 1 aromatic heterocycles. The van der Waals surface area contributed by atoms with Crippen molar-refractivity contribution in [3.8, 4) is 17.2 Å². The van der Waals surface area contributed by atoms with Crippen LogP contribution < -0.4 is 14.8 Å². The number of hydrogen-bond donors (Lipinski definition) is 1. The lowest BCUT2D eigenvalue weighted by atomic mass is 10.3. The Morgan fingerprint density at radius 3 is 2.88 bits per heavy atom. The molecule has 0 saturated carbocycles. The molecular formula is C17H15N5O3S. The molecule has 0 saturated heterocycles. The van der Waals surface area contributed by atoms with Crippen molar-refractivity contribution in [2.75, 3.05) is 24.3 Å². The van der Waals surface area contributed by atoms with Gasteiger partial charge in [0.15, 0.2) is 11.5 Å². The van der Waals surface area contributed by atoms with Crippen molar-refractivity contribution in [2.24, 2.45) is 0 Å². The van der Waals surface area contributed by atoms with Crippen LogP contribution in [0.1, 0.15) is 0 Å². The van der Waals surface area contributed by atoms with Gasteiger partial charge >= 0.3 is 0 Å². The lowest BCUT2D eigenvalue weighted by Gasteiger charge is -2.18. The maximum atomic E-state index is 12.2. The van der Waals surface area contributed by atoms with Crippen molar-refractivity contribution < 1.29 is 14.3 Å². The van der Waals surface area contributed by atoms with Gasteiger partial charge in [0.2, 0.25) is 5.91 Å². The first kappa shape index (κ1) is 16.4. The normalized spacial score (nSPS) is 12.6. The number of carbonyl (C=O) groups is 1. The van der Waals surface area contributed by atoms with Crippen LogP contribution in [0.4, 0.5) is 5.69 Å². The maximum Gasteiger partial charge on any atom is 0.234 e. The molecule has 1 aliphatic rings. The van der Waals surface area contributed by atoms with Gasteiger partial charge in [-0.05, 0) is 46.8 Å². The molecule has 0 radical (unpaired) electrons. The molecule has 8 nitrogen and oxygen atoms in total. The predicted octanol–water partition coefficient (Wildman–Crippen LogP) is 2.16. The van der Waals surface area contributed by atoms with Gasteiger partial charge in [-0.3, -0.25) is 4.79 Å². The highest BCUT2D eigenvalue weighted by Crippen LogP contribution is 2.34. The van der Waals surface area contributed by atoms with Crippen LogP contribution in [0.15, 0.2) is 53.7 Å². The monoisotopic (exact) mass is 369 g/mol. The molecule has 26 heavy (non-hydrogen) atoms. The van der Waals surface area contributed by atoms with Gasteiger partial charge in [0.05, 0.1) is 11.4 Å². The fraction of sp³-hybridized carbons (Fsp3) is 0.176. The fourth-order valence-corrected chi connectivity index (χ4v) is 3.19. The number of hydrogen-bond acceptors (Lipinski definition) is 7. The van der Waals surface area contributed by atoms with E-state index in [1.54, 1.807) is 0 Å². The van der Waals surface area contributed by atoms with Gasteiger partial charge in [0.25, 0.3) is 0 Å². The minimum Gasteiger partial charge on any atom is -0.486 e. The molecule has 0 unspecified atom stereocenters. The van der Waals surface area contributed by atoms with Gasteiger partial charge in [-0.25, -0.2) is 4.68 Å². The number of rotatable bonds is 5. The fourth-order valence-electron chi connectivity index (χ4n) is 2.47. The Hall–Kier alpha value is -3.07. The van der Waals surface area contributed by atoms with Crippen LogP contribution in [0.2, 0.25) is 0 Å². The minimum absolute atomic E-state index is 0.0984. The Balaban J connectivity index is 1.36. The van der Waals surface area contributed by atoms with E-state index in [1.807, 2.05) is 42.5 Å². The van der Waals surface area contributed by atoms with Crippen LogP contribution in [0.25, 0.3) is 5.69 Å². The Morgan fingerprint density at radius 1 is 1.15 bits per heavy atom. The van der Waals surface area contributed by atoms with Crippen molar-refractivity contribution in [1.29, 1.82) is 0 Å². The maximum absolute atomic E-state index is 12.2. The first-order chi connectivity index (χ1) is 12.8. The molecule has 1 aliphatic heterocycles. The molecule has 1 amide bonds. The van der Waals surface area contributed by atoms with Crippen LogP contribution in [0.3, 0.4) is 0 Å². The lowest BCUT2D eigenvalue weighted by Crippen LogP contribution is -2.15. The van der Waals surface area contributed by atoms with Crippen LogP contribution >= 0.6 is 11.8 Å². The smallest absolute Gasteiger partial charge is 0.234 e. The summed E-state index contributed by atoms with van der Waals surface area (Å²) >= 11 is 1.44. The molecule has 4 rings (SSSR count). The van der Waals surface area contributed by atoms with Gasteiger partial charge < -0.3 is 14.8 Å². The summed E-state index contributed by atoms with van der Waals surface area (Å²) < 4.78 is 12.6. The average molecular weight is 369 g/mol. The molecule has 0 bridgehead atoms. The van der Waals surface area contributed by atoms with E-state index in [9.17, 15) is 4.79 Å². The zero-order valence-electron chi connectivity index (χ0n) is 13.7. The third-order valence-electron chi connectivity index (χ3n) is 3.63. The summed E-state index contributed by atoms with van der Waals surface area (Å²) in [4.78, 5) is 13.2. The van der Waals surface area contributed by atoms with E-state index in [1.165, 1.54) is 22.8 Å². The molecule has 3 aromatic rings. The van der Waals surface area contributed by atoms with Gasteiger partial charge in [0, 0.05) is 10.6 Å². The topological polar surface area (TPSA) is 91.2 Å². The minimum atomic E-state index is -0.0984. The highest BCUT2D eigenvalue weighted by molar-refractivity contribution is 8.00. The van der Waals surface area contributed by atoms with Crippen LogP contribution in [-0.4, -0.2) is 45.1 Å². The van der Waals surface area contributed by atoms with Gasteiger partial charge in [0.1, 0.15) is 19.5 Å². The molecule has 0 atom stereocenters. The second-order valence-corrected chi connectivity index (χ2v) is 6.50. The summed E-state index contributed by atoms with van der Waals surface area (Å²) in [5.41, 5.74) is 1.46. The van der Waals surface area contributed by atoms with Crippen molar-refractivity contribution in [1.82, 2.24) is 20.2 Å². The SMILES string of the molecule is O=C(CSc1ccc2c(c1)OCCO2)Nc1cccc(-n2cnnn2)c1. The molecule has 1 N–H and O–H groups in total. The van der Waals surface area contributed by atoms with Gasteiger partial charge in [-0.1, -0.05) is 6.07 Å². The number of benzene rings is 2. The van der Waals surface area contributed by atoms with Gasteiger partial charge in [-0.15, -0.1) is 16.9 Å². The van der Waals surface area contributed by atoms with E-state index in [0.717, 1.165) is 22.1 Å². The third-order valence-corrected chi connectivity index (χ3v) is 4.62. The van der Waals surface area contributed by atoms with Crippen LogP contribution in [0, 0.1) is 0 Å². The van der Waals surface area contributed by atoms with Crippen LogP contribution in [-0.2, 0) is 4.79 Å². The zero-order chi connectivity index (χ0) is 17.8. The van der Waals surface area contributed by atoms with Crippen LogP contribution in [0.5, 0.6) is 11.5 Å². The number of fused-ring (bicyclic) bond motifs is 1. The van der Waals surface area contributed by atoms with E-state index in [-0.39, 0.29) is 11.7 Å². The molecule has 9 heteroatoms. The van der Waals surface area contributed by atoms with E-state index in [4.69, 9.17) is 9.47 Å². The number of nitrogens with one attached hydrogen (secondary N) is 1. The van der Waals surface area contributed by atoms with Crippen molar-refractivity contribution in [2.45, 2.75) is 4.90 Å². The number of amides is 1. The highest BCUT2D eigenvalue weighted by atomic mass is 32.2. The average Bonchev–Trinajstić information content (AvgIpc) is 3.21. The number of tetrazole rings is 1. The number of anilines is 1. The first-order valence-corrected chi connectivity index (χ1v) is 8.92. The van der Waals surface area contributed by atoms with E-state index in [0.29, 0.717) is 18.9 Å². The Labute approximate surface area is 153 Å². The predicted molar refractivity (Wildman–Crippen MR) is 95.9 cm³/mol. The van der Waals surface area contributed by atoms with Crippen molar-refractivity contribution in [3.05, 3.63) is 48.8 Å². The van der Waals surface area contributed by atoms with Crippen molar-refractivity contribution >= 4 is 23.4 Å². The van der Waals surface area contributed by atoms with E-state index < -0.39 is 0 Å². The molecule has 0 aliphatic carbocycles. The standard InChI is InChI=1S/C17H15N5O3S/c23-17(10-26-14-4-5-15-16(9-14)25-7-6-24-15)19-12-2-1-3-13(8-12)22-11-18-20-21-22/h1-5,8-9,11H,6-7,10H2,(H,19,23). The summed E-state index contributed by atoms with van der Waals surface area (Å²) in [6, 6.07) is 13.0. The highest BCUT2D eigenvalue weighted by Gasteiger charge is 2.12. The summed E-state index contributed by atoms with van der Waals surface area (Å²) in [5, 5.41) is 13.9. The largest absolute Gasteiger partial charge is 0.486 e. The Morgan fingerprint density at radius 2 is 2.04 bits per heavy atom. The third kappa shape index (κ3) is 3.77. The molecule has 0 spiro atoms. The second-order valence-electron chi connectivity index (χ2n) is 5.45. The zero-order valence-corrected chi connectivity index (χ0v) is 14.5. The summed E-state index contributed by atoms with van der Waals surface area (Å²) in [5.74, 6) is 1.65. The van der Waals surface area contributed by atoms with E-state index >= 15 is 0 Å². The Bertz CT molecular complexity index is 917. The van der Waals surface area contributed by atoms with Crippen molar-refractivity contribution in [3.63, 3.8) is 0 Å². The number of carbonyl (C=O) groups excluding carboxylic acids is 1. The summed E-state index contributed by atoms with van der Waals surface area (Å²) in [7, 11) is 0. The Kier molecular flexibility index (Phi) is 4.69. The second kappa shape index (κ2) is 7.44. The molecule has 132 valence electrons. The van der Waals surface area contributed by atoms with E-state index in [2.05, 4.69) is 20.8 Å².